The molecule has 17 heavy (non-hydrogen) atoms. The van der Waals surface area contributed by atoms with E-state index in [0.717, 1.165) is 24.2 Å². The monoisotopic (exact) mass is 228 g/mol. The van der Waals surface area contributed by atoms with Crippen molar-refractivity contribution in [3.05, 3.63) is 42.2 Å². The van der Waals surface area contributed by atoms with E-state index >= 15 is 0 Å². The molecular formula is C14H12O3. The fourth-order valence-electron chi connectivity index (χ4n) is 1.67. The van der Waals surface area contributed by atoms with Crippen LogP contribution in [0, 0.1) is 0 Å². The Morgan fingerprint density at radius 3 is 2.82 bits per heavy atom. The molecule has 1 aliphatic carbocycles. The Bertz CT molecular complexity index is 538. The molecule has 1 aromatic heterocycles. The molecule has 1 heterocycles. The first-order valence-corrected chi connectivity index (χ1v) is 5.67. The normalized spacial score (nSPS) is 14.6. The highest BCUT2D eigenvalue weighted by Gasteiger charge is 2.23. The number of furan rings is 1. The zero-order valence-corrected chi connectivity index (χ0v) is 9.26. The van der Waals surface area contributed by atoms with Crippen molar-refractivity contribution < 1.29 is 13.9 Å². The SMILES string of the molecule is O=Cc1ccc(-c2cccc(OC3CC3)c2)o1. The average Bonchev–Trinajstić information content (AvgIpc) is 3.04. The lowest BCUT2D eigenvalue weighted by Gasteiger charge is -2.05. The zero-order valence-electron chi connectivity index (χ0n) is 9.26. The van der Waals surface area contributed by atoms with Crippen molar-refractivity contribution in [1.29, 1.82) is 0 Å². The molecule has 0 bridgehead atoms. The lowest BCUT2D eigenvalue weighted by Crippen LogP contribution is -1.95. The lowest BCUT2D eigenvalue weighted by molar-refractivity contribution is 0.110. The third kappa shape index (κ3) is 2.23. The Balaban J connectivity index is 1.87. The van der Waals surface area contributed by atoms with Gasteiger partial charge in [0.25, 0.3) is 0 Å². The molecule has 1 aromatic carbocycles. The van der Waals surface area contributed by atoms with Gasteiger partial charge in [-0.25, -0.2) is 0 Å². The largest absolute Gasteiger partial charge is 0.490 e. The fraction of sp³-hybridized carbons (Fsp3) is 0.214. The van der Waals surface area contributed by atoms with Crippen LogP contribution in [0.25, 0.3) is 11.3 Å². The van der Waals surface area contributed by atoms with Gasteiger partial charge in [0.15, 0.2) is 12.0 Å². The molecule has 1 saturated carbocycles. The first-order chi connectivity index (χ1) is 8.35. The van der Waals surface area contributed by atoms with Crippen LogP contribution in [0.15, 0.2) is 40.8 Å². The Labute approximate surface area is 99.0 Å². The topological polar surface area (TPSA) is 39.4 Å². The van der Waals surface area contributed by atoms with Crippen molar-refractivity contribution in [3.63, 3.8) is 0 Å². The van der Waals surface area contributed by atoms with Gasteiger partial charge in [-0.3, -0.25) is 4.79 Å². The minimum absolute atomic E-state index is 0.341. The number of carbonyl (C=O) groups excluding carboxylic acids is 1. The van der Waals surface area contributed by atoms with E-state index in [1.54, 1.807) is 12.1 Å². The maximum Gasteiger partial charge on any atom is 0.185 e. The maximum atomic E-state index is 10.6. The zero-order chi connectivity index (χ0) is 11.7. The van der Waals surface area contributed by atoms with Gasteiger partial charge in [0.1, 0.15) is 11.5 Å². The van der Waals surface area contributed by atoms with E-state index in [1.807, 2.05) is 24.3 Å². The van der Waals surface area contributed by atoms with E-state index in [2.05, 4.69) is 0 Å². The molecule has 1 fully saturated rings. The molecular weight excluding hydrogens is 216 g/mol. The Morgan fingerprint density at radius 2 is 2.12 bits per heavy atom. The van der Waals surface area contributed by atoms with Crippen LogP contribution in [-0.4, -0.2) is 12.4 Å². The summed E-state index contributed by atoms with van der Waals surface area (Å²) in [6, 6.07) is 11.2. The summed E-state index contributed by atoms with van der Waals surface area (Å²) in [5.41, 5.74) is 0.927. The van der Waals surface area contributed by atoms with Gasteiger partial charge >= 0.3 is 0 Å². The minimum Gasteiger partial charge on any atom is -0.490 e. The van der Waals surface area contributed by atoms with Crippen LogP contribution in [0.3, 0.4) is 0 Å². The molecule has 2 aromatic rings. The Morgan fingerprint density at radius 1 is 1.24 bits per heavy atom. The first kappa shape index (κ1) is 10.1. The van der Waals surface area contributed by atoms with E-state index in [9.17, 15) is 4.79 Å². The van der Waals surface area contributed by atoms with Crippen LogP contribution in [0.2, 0.25) is 0 Å². The van der Waals surface area contributed by atoms with Gasteiger partial charge < -0.3 is 9.15 Å². The van der Waals surface area contributed by atoms with Crippen molar-refractivity contribution in [1.82, 2.24) is 0 Å². The second kappa shape index (κ2) is 4.09. The highest BCUT2D eigenvalue weighted by atomic mass is 16.5. The van der Waals surface area contributed by atoms with E-state index in [4.69, 9.17) is 9.15 Å². The summed E-state index contributed by atoms with van der Waals surface area (Å²) in [5, 5.41) is 0. The van der Waals surface area contributed by atoms with E-state index in [1.165, 1.54) is 0 Å². The standard InChI is InChI=1S/C14H12O3/c15-9-13-6-7-14(17-13)10-2-1-3-12(8-10)16-11-4-5-11/h1-3,6-9,11H,4-5H2. The summed E-state index contributed by atoms with van der Waals surface area (Å²) in [5.74, 6) is 1.89. The summed E-state index contributed by atoms with van der Waals surface area (Å²) < 4.78 is 11.1. The maximum absolute atomic E-state index is 10.6. The Hall–Kier alpha value is -2.03. The van der Waals surface area contributed by atoms with E-state index < -0.39 is 0 Å². The molecule has 0 saturated heterocycles. The molecule has 3 rings (SSSR count). The average molecular weight is 228 g/mol. The molecule has 3 heteroatoms. The minimum atomic E-state index is 0.341. The summed E-state index contributed by atoms with van der Waals surface area (Å²) in [4.78, 5) is 10.6. The summed E-state index contributed by atoms with van der Waals surface area (Å²) in [7, 11) is 0. The molecule has 0 unspecified atom stereocenters. The molecule has 0 amide bonds. The van der Waals surface area contributed by atoms with Gasteiger partial charge in [-0.15, -0.1) is 0 Å². The van der Waals surface area contributed by atoms with E-state index in [-0.39, 0.29) is 0 Å². The predicted molar refractivity (Wildman–Crippen MR) is 63.2 cm³/mol. The molecule has 0 N–H and O–H groups in total. The van der Waals surface area contributed by atoms with Crippen LogP contribution in [0.1, 0.15) is 23.4 Å². The van der Waals surface area contributed by atoms with Crippen LogP contribution in [0.4, 0.5) is 0 Å². The predicted octanol–water partition coefficient (Wildman–Crippen LogP) is 3.30. The van der Waals surface area contributed by atoms with Gasteiger partial charge in [0.2, 0.25) is 0 Å². The highest BCUT2D eigenvalue weighted by molar-refractivity contribution is 5.73. The van der Waals surface area contributed by atoms with Gasteiger partial charge in [-0.1, -0.05) is 12.1 Å². The summed E-state index contributed by atoms with van der Waals surface area (Å²) >= 11 is 0. The summed E-state index contributed by atoms with van der Waals surface area (Å²) in [6.45, 7) is 0. The second-order valence-corrected chi connectivity index (χ2v) is 4.16. The van der Waals surface area contributed by atoms with Crippen LogP contribution >= 0.6 is 0 Å². The Kier molecular flexibility index (Phi) is 2.44. The molecule has 0 aliphatic heterocycles. The number of hydrogen-bond acceptors (Lipinski definition) is 3. The number of rotatable bonds is 4. The van der Waals surface area contributed by atoms with Crippen molar-refractivity contribution >= 4 is 6.29 Å². The molecule has 1 aliphatic rings. The smallest absolute Gasteiger partial charge is 0.185 e. The van der Waals surface area contributed by atoms with Crippen molar-refractivity contribution in [3.8, 4) is 17.1 Å². The third-order valence-electron chi connectivity index (χ3n) is 2.69. The fourth-order valence-corrected chi connectivity index (χ4v) is 1.67. The van der Waals surface area contributed by atoms with Crippen molar-refractivity contribution in [2.75, 3.05) is 0 Å². The van der Waals surface area contributed by atoms with Gasteiger partial charge in [-0.2, -0.15) is 0 Å². The molecule has 86 valence electrons. The third-order valence-corrected chi connectivity index (χ3v) is 2.69. The second-order valence-electron chi connectivity index (χ2n) is 4.16. The number of carbonyl (C=O) groups is 1. The number of benzene rings is 1. The quantitative estimate of drug-likeness (QED) is 0.754. The molecule has 0 atom stereocenters. The first-order valence-electron chi connectivity index (χ1n) is 5.67. The molecule has 0 radical (unpaired) electrons. The van der Waals surface area contributed by atoms with Gasteiger partial charge in [-0.05, 0) is 37.1 Å². The lowest BCUT2D eigenvalue weighted by atomic mass is 10.1. The van der Waals surface area contributed by atoms with E-state index in [0.29, 0.717) is 23.9 Å². The van der Waals surface area contributed by atoms with Crippen LogP contribution in [0.5, 0.6) is 5.75 Å². The highest BCUT2D eigenvalue weighted by Crippen LogP contribution is 2.30. The van der Waals surface area contributed by atoms with Gasteiger partial charge in [0.05, 0.1) is 6.10 Å². The van der Waals surface area contributed by atoms with Crippen molar-refractivity contribution in [2.45, 2.75) is 18.9 Å². The number of aldehydes is 1. The summed E-state index contributed by atoms with van der Waals surface area (Å²) in [6.07, 6.45) is 3.36. The van der Waals surface area contributed by atoms with Crippen molar-refractivity contribution in [2.24, 2.45) is 0 Å². The molecule has 3 nitrogen and oxygen atoms in total. The van der Waals surface area contributed by atoms with Crippen LogP contribution in [-0.2, 0) is 0 Å². The number of ether oxygens (including phenoxy) is 1. The van der Waals surface area contributed by atoms with Crippen LogP contribution < -0.4 is 4.74 Å². The molecule has 0 spiro atoms. The van der Waals surface area contributed by atoms with Gasteiger partial charge in [0, 0.05) is 5.56 Å². The number of hydrogen-bond donors (Lipinski definition) is 0.